The highest BCUT2D eigenvalue weighted by Crippen LogP contribution is 2.42. The lowest BCUT2D eigenvalue weighted by atomic mass is 9.64. The van der Waals surface area contributed by atoms with Crippen LogP contribution in [0.5, 0.6) is 0 Å². The van der Waals surface area contributed by atoms with Crippen LogP contribution in [0.4, 0.5) is 13.2 Å². The van der Waals surface area contributed by atoms with Gasteiger partial charge in [0.05, 0.1) is 11.5 Å². The van der Waals surface area contributed by atoms with Crippen LogP contribution in [0.15, 0.2) is 12.1 Å². The number of carbonyl (C=O) groups excluding carboxylic acids is 1. The van der Waals surface area contributed by atoms with Crippen molar-refractivity contribution in [3.05, 3.63) is 35.1 Å². The molecule has 2 nitrogen and oxygen atoms in total. The molecule has 0 radical (unpaired) electrons. The molecule has 0 amide bonds. The number of halogens is 3. The van der Waals surface area contributed by atoms with Gasteiger partial charge < -0.3 is 0 Å². The molecule has 0 spiro atoms. The molecule has 0 N–H and O–H groups in total. The summed E-state index contributed by atoms with van der Waals surface area (Å²) in [5.41, 5.74) is -1.57. The predicted octanol–water partition coefficient (Wildman–Crippen LogP) is 2.23. The highest BCUT2D eigenvalue weighted by atomic mass is 19.2. The minimum absolute atomic E-state index is 0.147. The van der Waals surface area contributed by atoms with E-state index in [9.17, 15) is 18.0 Å². The molecule has 82 valence electrons. The Hall–Kier alpha value is -1.83. The Morgan fingerprint density at radius 3 is 2.31 bits per heavy atom. The van der Waals surface area contributed by atoms with E-state index < -0.39 is 22.9 Å². The molecule has 0 saturated heterocycles. The van der Waals surface area contributed by atoms with Crippen LogP contribution >= 0.6 is 0 Å². The lowest BCUT2D eigenvalue weighted by Crippen LogP contribution is -2.41. The number of rotatable bonds is 1. The smallest absolute Gasteiger partial charge is 0.194 e. The Labute approximate surface area is 89.3 Å². The SMILES string of the molecule is N#CC1(c2ccc(F)c(F)c2F)CC(=O)C1. The van der Waals surface area contributed by atoms with Gasteiger partial charge in [-0.3, -0.25) is 4.79 Å². The minimum Gasteiger partial charge on any atom is -0.300 e. The second-order valence-electron chi connectivity index (χ2n) is 3.81. The topological polar surface area (TPSA) is 40.9 Å². The van der Waals surface area contributed by atoms with Crippen molar-refractivity contribution < 1.29 is 18.0 Å². The lowest BCUT2D eigenvalue weighted by molar-refractivity contribution is -0.126. The van der Waals surface area contributed by atoms with E-state index in [1.165, 1.54) is 0 Å². The molecule has 1 saturated carbocycles. The normalized spacial score (nSPS) is 17.8. The number of ketones is 1. The van der Waals surface area contributed by atoms with E-state index in [1.807, 2.05) is 0 Å². The van der Waals surface area contributed by atoms with Gasteiger partial charge in [0.25, 0.3) is 0 Å². The fraction of sp³-hybridized carbons (Fsp3) is 0.273. The summed E-state index contributed by atoms with van der Waals surface area (Å²) in [6, 6.07) is 3.58. The Balaban J connectivity index is 2.54. The zero-order chi connectivity index (χ0) is 11.9. The summed E-state index contributed by atoms with van der Waals surface area (Å²) < 4.78 is 39.1. The van der Waals surface area contributed by atoms with Crippen molar-refractivity contribution in [3.63, 3.8) is 0 Å². The molecule has 0 atom stereocenters. The van der Waals surface area contributed by atoms with Crippen molar-refractivity contribution in [3.8, 4) is 6.07 Å². The molecule has 1 aromatic carbocycles. The van der Waals surface area contributed by atoms with Gasteiger partial charge in [-0.1, -0.05) is 6.07 Å². The fourth-order valence-electron chi connectivity index (χ4n) is 1.85. The molecule has 0 unspecified atom stereocenters. The van der Waals surface area contributed by atoms with Gasteiger partial charge >= 0.3 is 0 Å². The van der Waals surface area contributed by atoms with Crippen molar-refractivity contribution in [2.75, 3.05) is 0 Å². The summed E-state index contributed by atoms with van der Waals surface area (Å²) in [5.74, 6) is -4.48. The fourth-order valence-corrected chi connectivity index (χ4v) is 1.85. The largest absolute Gasteiger partial charge is 0.300 e. The van der Waals surface area contributed by atoms with Gasteiger partial charge in [0.2, 0.25) is 0 Å². The maximum Gasteiger partial charge on any atom is 0.194 e. The number of nitriles is 1. The van der Waals surface area contributed by atoms with E-state index in [2.05, 4.69) is 0 Å². The maximum atomic E-state index is 13.4. The van der Waals surface area contributed by atoms with Crippen molar-refractivity contribution in [1.29, 1.82) is 5.26 Å². The van der Waals surface area contributed by atoms with E-state index in [0.717, 1.165) is 12.1 Å². The van der Waals surface area contributed by atoms with Crippen LogP contribution in [0, 0.1) is 28.8 Å². The third-order valence-corrected chi connectivity index (χ3v) is 2.76. The Morgan fingerprint density at radius 1 is 1.19 bits per heavy atom. The molecule has 1 aliphatic carbocycles. The number of carbonyl (C=O) groups is 1. The summed E-state index contributed by atoms with van der Waals surface area (Å²) in [5, 5.41) is 8.91. The first-order valence-corrected chi connectivity index (χ1v) is 4.57. The molecule has 0 bridgehead atoms. The zero-order valence-electron chi connectivity index (χ0n) is 8.06. The van der Waals surface area contributed by atoms with Gasteiger partial charge in [-0.05, 0) is 6.07 Å². The van der Waals surface area contributed by atoms with E-state index in [0.29, 0.717) is 0 Å². The van der Waals surface area contributed by atoms with Crippen molar-refractivity contribution >= 4 is 5.78 Å². The van der Waals surface area contributed by atoms with Gasteiger partial charge in [-0.2, -0.15) is 5.26 Å². The second kappa shape index (κ2) is 3.34. The first-order chi connectivity index (χ1) is 7.50. The third kappa shape index (κ3) is 1.30. The molecular weight excluding hydrogens is 219 g/mol. The van der Waals surface area contributed by atoms with E-state index in [-0.39, 0.29) is 24.2 Å². The highest BCUT2D eigenvalue weighted by molar-refractivity contribution is 5.90. The van der Waals surface area contributed by atoms with Crippen LogP contribution in [0.3, 0.4) is 0 Å². The molecule has 16 heavy (non-hydrogen) atoms. The number of nitrogens with zero attached hydrogens (tertiary/aromatic N) is 1. The molecule has 1 fully saturated rings. The highest BCUT2D eigenvalue weighted by Gasteiger charge is 2.47. The third-order valence-electron chi connectivity index (χ3n) is 2.76. The Bertz CT molecular complexity index is 511. The summed E-state index contributed by atoms with van der Waals surface area (Å²) in [4.78, 5) is 10.9. The van der Waals surface area contributed by atoms with Crippen LogP contribution in [0.1, 0.15) is 18.4 Å². The van der Waals surface area contributed by atoms with Crippen molar-refractivity contribution in [1.82, 2.24) is 0 Å². The molecule has 0 aliphatic heterocycles. The number of Topliss-reactive ketones (excluding diaryl/α,β-unsaturated/α-hetero) is 1. The molecular formula is C11H6F3NO. The average Bonchev–Trinajstić information content (AvgIpc) is 2.22. The van der Waals surface area contributed by atoms with Crippen molar-refractivity contribution in [2.24, 2.45) is 0 Å². The lowest BCUT2D eigenvalue weighted by Gasteiger charge is -2.34. The van der Waals surface area contributed by atoms with Crippen LogP contribution in [0.25, 0.3) is 0 Å². The maximum absolute atomic E-state index is 13.4. The van der Waals surface area contributed by atoms with Gasteiger partial charge in [0, 0.05) is 18.4 Å². The summed E-state index contributed by atoms with van der Waals surface area (Å²) in [6.07, 6.45) is -0.295. The Morgan fingerprint density at radius 2 is 1.81 bits per heavy atom. The van der Waals surface area contributed by atoms with E-state index in [4.69, 9.17) is 5.26 Å². The molecule has 2 rings (SSSR count). The Kier molecular flexibility index (Phi) is 2.23. The average molecular weight is 225 g/mol. The minimum atomic E-state index is -1.61. The quantitative estimate of drug-likeness (QED) is 0.687. The van der Waals surface area contributed by atoms with Crippen LogP contribution in [0.2, 0.25) is 0 Å². The van der Waals surface area contributed by atoms with E-state index in [1.54, 1.807) is 6.07 Å². The monoisotopic (exact) mass is 225 g/mol. The van der Waals surface area contributed by atoms with E-state index >= 15 is 0 Å². The van der Waals surface area contributed by atoms with Gasteiger partial charge in [-0.15, -0.1) is 0 Å². The van der Waals surface area contributed by atoms with Crippen LogP contribution in [-0.2, 0) is 10.2 Å². The number of hydrogen-bond donors (Lipinski definition) is 0. The van der Waals surface area contributed by atoms with Crippen LogP contribution in [-0.4, -0.2) is 5.78 Å². The zero-order valence-corrected chi connectivity index (χ0v) is 8.06. The van der Waals surface area contributed by atoms with Crippen molar-refractivity contribution in [2.45, 2.75) is 18.3 Å². The second-order valence-corrected chi connectivity index (χ2v) is 3.81. The van der Waals surface area contributed by atoms with Gasteiger partial charge in [-0.25, -0.2) is 13.2 Å². The summed E-state index contributed by atoms with van der Waals surface area (Å²) >= 11 is 0. The number of hydrogen-bond acceptors (Lipinski definition) is 2. The summed E-state index contributed by atoms with van der Waals surface area (Å²) in [6.45, 7) is 0. The molecule has 1 aliphatic rings. The standard InChI is InChI=1S/C11H6F3NO/c12-8-2-1-7(9(13)10(8)14)11(5-15)3-6(16)4-11/h1-2H,3-4H2. The molecule has 5 heteroatoms. The first-order valence-electron chi connectivity index (χ1n) is 4.57. The number of benzene rings is 1. The molecule has 1 aromatic rings. The van der Waals surface area contributed by atoms with Crippen LogP contribution < -0.4 is 0 Å². The van der Waals surface area contributed by atoms with Gasteiger partial charge in [0.15, 0.2) is 17.5 Å². The molecule has 0 heterocycles. The molecule has 0 aromatic heterocycles. The van der Waals surface area contributed by atoms with Gasteiger partial charge in [0.1, 0.15) is 5.78 Å². The summed E-state index contributed by atoms with van der Waals surface area (Å²) in [7, 11) is 0. The first kappa shape index (κ1) is 10.7. The predicted molar refractivity (Wildman–Crippen MR) is 47.8 cm³/mol.